The van der Waals surface area contributed by atoms with Crippen molar-refractivity contribution in [2.45, 2.75) is 37.4 Å². The summed E-state index contributed by atoms with van der Waals surface area (Å²) in [5, 5.41) is 17.5. The molecule has 44 heavy (non-hydrogen) atoms. The smallest absolute Gasteiger partial charge is 0.328 e. The molecule has 236 valence electrons. The molecular weight excluding hydrogens is 574 g/mol. The highest BCUT2D eigenvalue weighted by molar-refractivity contribution is 5.98. The quantitative estimate of drug-likeness (QED) is 0.0294. The number of guanidine groups is 1. The third-order valence-corrected chi connectivity index (χ3v) is 6.03. The van der Waals surface area contributed by atoms with Crippen LogP contribution in [0.5, 0.6) is 0 Å². The number of aliphatic imine (C=N–C) groups is 1. The van der Waals surface area contributed by atoms with Crippen LogP contribution in [0.1, 0.15) is 28.8 Å². The summed E-state index contributed by atoms with van der Waals surface area (Å²) >= 11 is 0. The Morgan fingerprint density at radius 1 is 0.977 bits per heavy atom. The van der Waals surface area contributed by atoms with E-state index < -0.39 is 52.8 Å². The third-order valence-electron chi connectivity index (χ3n) is 6.03. The van der Waals surface area contributed by atoms with E-state index in [0.29, 0.717) is 5.56 Å². The maximum absolute atomic E-state index is 13.5. The molecule has 15 nitrogen and oxygen atoms in total. The second-order valence-electron chi connectivity index (χ2n) is 9.33. The molecule has 0 saturated carbocycles. The first-order valence-corrected chi connectivity index (χ1v) is 13.6. The Labute approximate surface area is 254 Å². The highest BCUT2D eigenvalue weighted by Gasteiger charge is 2.30. The molecule has 0 fully saturated rings. The van der Waals surface area contributed by atoms with Crippen molar-refractivity contribution >= 4 is 29.7 Å². The molecule has 15 heteroatoms. The van der Waals surface area contributed by atoms with Crippen molar-refractivity contribution in [2.75, 3.05) is 26.9 Å². The zero-order valence-corrected chi connectivity index (χ0v) is 24.3. The Morgan fingerprint density at radius 2 is 1.59 bits per heavy atom. The van der Waals surface area contributed by atoms with Crippen LogP contribution in [0.3, 0.4) is 0 Å². The van der Waals surface area contributed by atoms with Crippen molar-refractivity contribution in [2.24, 2.45) is 10.7 Å². The van der Waals surface area contributed by atoms with Gasteiger partial charge in [-0.25, -0.2) is 19.9 Å². The zero-order chi connectivity index (χ0) is 32.3. The van der Waals surface area contributed by atoms with Crippen molar-refractivity contribution in [1.82, 2.24) is 21.4 Å². The molecule has 3 atom stereocenters. The summed E-state index contributed by atoms with van der Waals surface area (Å²) in [6.07, 6.45) is 1.83. The molecule has 0 aliphatic heterocycles. The van der Waals surface area contributed by atoms with Gasteiger partial charge in [0.1, 0.15) is 18.1 Å². The molecule has 2 aromatic carbocycles. The molecule has 0 aliphatic carbocycles. The monoisotopic (exact) mass is 611 g/mol. The maximum Gasteiger partial charge on any atom is 0.328 e. The van der Waals surface area contributed by atoms with E-state index in [1.165, 1.54) is 6.08 Å². The minimum Gasteiger partial charge on any atom is -0.467 e. The summed E-state index contributed by atoms with van der Waals surface area (Å²) in [6.45, 7) is 3.52. The van der Waals surface area contributed by atoms with Crippen LogP contribution in [0.4, 0.5) is 0 Å². The lowest BCUT2D eigenvalue weighted by molar-refractivity contribution is -0.525. The summed E-state index contributed by atoms with van der Waals surface area (Å²) in [5.41, 5.74) is 8.16. The van der Waals surface area contributed by atoms with Crippen LogP contribution in [0.2, 0.25) is 0 Å². The Balaban J connectivity index is 2.21. The predicted molar refractivity (Wildman–Crippen MR) is 161 cm³/mol. The largest absolute Gasteiger partial charge is 0.467 e. The minimum absolute atomic E-state index is 0.0215. The number of hydrogen-bond donors (Lipinski definition) is 5. The number of amides is 3. The lowest BCUT2D eigenvalue weighted by Crippen LogP contribution is -2.57. The number of nitro groups is 1. The SMILES string of the molecule is C=CCOC[C@H](NC(=O)c1ccccc1)C(=O)N[C@H](Cc1ccccc1)C(=O)N[C@@H](CCCN=C(N)N[N+](=O)[O-])C(=O)OC. The van der Waals surface area contributed by atoms with Gasteiger partial charge in [0.05, 0.1) is 20.3 Å². The molecule has 0 aliphatic rings. The Kier molecular flexibility index (Phi) is 15.1. The van der Waals surface area contributed by atoms with Gasteiger partial charge in [0.25, 0.3) is 11.9 Å². The fourth-order valence-electron chi connectivity index (χ4n) is 3.90. The van der Waals surface area contributed by atoms with Crippen LogP contribution in [-0.4, -0.2) is 79.7 Å². The zero-order valence-electron chi connectivity index (χ0n) is 24.3. The maximum atomic E-state index is 13.5. The number of rotatable bonds is 18. The molecular formula is C29H37N7O8. The number of nitrogens with two attached hydrogens (primary N) is 1. The highest BCUT2D eigenvalue weighted by Crippen LogP contribution is 2.08. The van der Waals surface area contributed by atoms with E-state index in [9.17, 15) is 29.3 Å². The average molecular weight is 612 g/mol. The molecule has 0 radical (unpaired) electrons. The van der Waals surface area contributed by atoms with Gasteiger partial charge in [0.2, 0.25) is 11.8 Å². The molecule has 0 spiro atoms. The first-order valence-electron chi connectivity index (χ1n) is 13.6. The highest BCUT2D eigenvalue weighted by atomic mass is 16.7. The van der Waals surface area contributed by atoms with Gasteiger partial charge in [0.15, 0.2) is 5.03 Å². The van der Waals surface area contributed by atoms with E-state index in [-0.39, 0.29) is 39.0 Å². The molecule has 0 bridgehead atoms. The number of nitrogens with zero attached hydrogens (tertiary/aromatic N) is 2. The van der Waals surface area contributed by atoms with Gasteiger partial charge in [-0.3, -0.25) is 14.4 Å². The number of hydrazine groups is 1. The van der Waals surface area contributed by atoms with Crippen LogP contribution in [0.25, 0.3) is 0 Å². The molecule has 0 aromatic heterocycles. The normalized spacial score (nSPS) is 13.0. The molecule has 0 saturated heterocycles. The molecule has 2 aromatic rings. The lowest BCUT2D eigenvalue weighted by Gasteiger charge is -2.25. The number of methoxy groups -OCH3 is 1. The van der Waals surface area contributed by atoms with E-state index in [0.717, 1.165) is 12.7 Å². The Hall–Kier alpha value is -5.31. The van der Waals surface area contributed by atoms with Crippen LogP contribution in [0.15, 0.2) is 78.3 Å². The van der Waals surface area contributed by atoms with Crippen LogP contribution < -0.4 is 27.1 Å². The first-order chi connectivity index (χ1) is 21.1. The molecule has 0 unspecified atom stereocenters. The topological polar surface area (TPSA) is 216 Å². The van der Waals surface area contributed by atoms with Gasteiger partial charge in [-0.1, -0.05) is 60.0 Å². The average Bonchev–Trinajstić information content (AvgIpc) is 3.01. The predicted octanol–water partition coefficient (Wildman–Crippen LogP) is 0.249. The first kappa shape index (κ1) is 34.9. The van der Waals surface area contributed by atoms with Crippen molar-refractivity contribution in [3.8, 4) is 0 Å². The van der Waals surface area contributed by atoms with Crippen LogP contribution in [-0.2, 0) is 30.3 Å². The molecule has 3 amide bonds. The number of nitrogens with one attached hydrogen (secondary N) is 4. The van der Waals surface area contributed by atoms with Crippen molar-refractivity contribution in [3.63, 3.8) is 0 Å². The van der Waals surface area contributed by atoms with Gasteiger partial charge >= 0.3 is 5.97 Å². The number of ether oxygens (including phenoxy) is 2. The minimum atomic E-state index is -1.17. The number of benzene rings is 2. The third kappa shape index (κ3) is 12.7. The number of carbonyl (C=O) groups is 4. The van der Waals surface area contributed by atoms with E-state index >= 15 is 0 Å². The summed E-state index contributed by atoms with van der Waals surface area (Å²) < 4.78 is 10.3. The fourth-order valence-corrected chi connectivity index (χ4v) is 3.90. The van der Waals surface area contributed by atoms with Gasteiger partial charge in [0, 0.05) is 18.5 Å². The van der Waals surface area contributed by atoms with E-state index in [1.54, 1.807) is 66.1 Å². The van der Waals surface area contributed by atoms with Crippen LogP contribution >= 0.6 is 0 Å². The number of carbonyl (C=O) groups excluding carboxylic acids is 4. The van der Waals surface area contributed by atoms with Crippen molar-refractivity contribution in [3.05, 3.63) is 94.6 Å². The fraction of sp³-hybridized carbons (Fsp3) is 0.345. The Bertz CT molecular complexity index is 1290. The molecule has 2 rings (SSSR count). The summed E-state index contributed by atoms with van der Waals surface area (Å²) in [5.74, 6) is -3.04. The van der Waals surface area contributed by atoms with Gasteiger partial charge < -0.3 is 31.2 Å². The van der Waals surface area contributed by atoms with Crippen molar-refractivity contribution in [1.29, 1.82) is 0 Å². The summed E-state index contributed by atoms with van der Waals surface area (Å²) in [4.78, 5) is 66.5. The second kappa shape index (κ2) is 19.0. The summed E-state index contributed by atoms with van der Waals surface area (Å²) in [7, 11) is 1.16. The second-order valence-corrected chi connectivity index (χ2v) is 9.33. The molecule has 0 heterocycles. The van der Waals surface area contributed by atoms with Crippen LogP contribution in [0, 0.1) is 10.1 Å². The van der Waals surface area contributed by atoms with E-state index in [1.807, 2.05) is 0 Å². The number of esters is 1. The van der Waals surface area contributed by atoms with E-state index in [4.69, 9.17) is 15.2 Å². The van der Waals surface area contributed by atoms with Gasteiger partial charge in [-0.2, -0.15) is 0 Å². The van der Waals surface area contributed by atoms with Crippen molar-refractivity contribution < 1.29 is 33.7 Å². The molecule has 6 N–H and O–H groups in total. The van der Waals surface area contributed by atoms with Gasteiger partial charge in [-0.15, -0.1) is 6.58 Å². The Morgan fingerprint density at radius 3 is 2.20 bits per heavy atom. The number of hydrogen-bond acceptors (Lipinski definition) is 9. The van der Waals surface area contributed by atoms with E-state index in [2.05, 4.69) is 27.5 Å². The summed E-state index contributed by atoms with van der Waals surface area (Å²) in [6, 6.07) is 13.7. The lowest BCUT2D eigenvalue weighted by atomic mass is 10.0. The standard InChI is InChI=1S/C29H37N7O8/c1-3-17-44-19-24(34-25(37)21-13-8-5-9-14-21)27(39)33-23(18-20-11-6-4-7-12-20)26(38)32-22(28(40)43-2)15-10-16-31-29(30)35-36(41)42/h3-9,11-14,22-24H,1,10,15-19H2,2H3,(H,32,38)(H,33,39)(H,34,37)(H3,30,31,35)/t22-,23+,24-/m0/s1. The van der Waals surface area contributed by atoms with Gasteiger partial charge in [-0.05, 0) is 30.5 Å².